The molecule has 1 saturated heterocycles. The third kappa shape index (κ3) is 7.99. The van der Waals surface area contributed by atoms with Gasteiger partial charge < -0.3 is 31.9 Å². The number of rotatable bonds is 10. The van der Waals surface area contributed by atoms with Gasteiger partial charge >= 0.3 is 0 Å². The normalized spacial score (nSPS) is 21.9. The van der Waals surface area contributed by atoms with E-state index in [4.69, 9.17) is 10.7 Å². The van der Waals surface area contributed by atoms with Crippen molar-refractivity contribution in [1.82, 2.24) is 31.5 Å². The molecule has 1 aromatic carbocycles. The first kappa shape index (κ1) is 24.0. The minimum atomic E-state index is -0.205. The molecule has 0 bridgehead atoms. The molecule has 8 nitrogen and oxygen atoms in total. The van der Waals surface area contributed by atoms with Crippen molar-refractivity contribution in [3.63, 3.8) is 0 Å². The van der Waals surface area contributed by atoms with Crippen molar-refractivity contribution < 1.29 is 0 Å². The number of hydrogen-bond donors (Lipinski definition) is 6. The quantitative estimate of drug-likeness (QED) is 0.295. The molecule has 1 atom stereocenters. The van der Waals surface area contributed by atoms with Crippen LogP contribution < -0.4 is 32.3 Å². The number of nitrogens with two attached hydrogens (primary N) is 1. The largest absolute Gasteiger partial charge is 0.385 e. The fourth-order valence-electron chi connectivity index (χ4n) is 4.75. The van der Waals surface area contributed by atoms with E-state index in [0.29, 0.717) is 5.82 Å². The Morgan fingerprint density at radius 2 is 1.67 bits per heavy atom. The molecule has 8 heteroatoms. The van der Waals surface area contributed by atoms with Crippen molar-refractivity contribution in [1.29, 1.82) is 0 Å². The van der Waals surface area contributed by atoms with E-state index in [2.05, 4.69) is 55.7 Å². The van der Waals surface area contributed by atoms with Gasteiger partial charge in [-0.1, -0.05) is 43.5 Å². The highest BCUT2D eigenvalue weighted by molar-refractivity contribution is 5.94. The fourth-order valence-corrected chi connectivity index (χ4v) is 4.75. The van der Waals surface area contributed by atoms with Crippen LogP contribution in [-0.2, 0) is 13.1 Å². The predicted octanol–water partition coefficient (Wildman–Crippen LogP) is 1.17. The zero-order chi connectivity index (χ0) is 22.7. The van der Waals surface area contributed by atoms with Crippen molar-refractivity contribution in [3.05, 3.63) is 47.3 Å². The smallest absolute Gasteiger partial charge is 0.177 e. The van der Waals surface area contributed by atoms with Gasteiger partial charge in [-0.2, -0.15) is 0 Å². The molecule has 33 heavy (non-hydrogen) atoms. The van der Waals surface area contributed by atoms with Crippen molar-refractivity contribution in [2.45, 2.75) is 63.9 Å². The molecule has 0 spiro atoms. The van der Waals surface area contributed by atoms with E-state index in [1.165, 1.54) is 49.7 Å². The highest BCUT2D eigenvalue weighted by Crippen LogP contribution is 2.17. The Morgan fingerprint density at radius 3 is 2.42 bits per heavy atom. The topological polar surface area (TPSA) is 102 Å². The van der Waals surface area contributed by atoms with Crippen LogP contribution in [0.5, 0.6) is 0 Å². The molecule has 2 heterocycles. The lowest BCUT2D eigenvalue weighted by Gasteiger charge is -2.32. The molecule has 3 aliphatic rings. The molecule has 1 saturated carbocycles. The van der Waals surface area contributed by atoms with Crippen LogP contribution in [0.1, 0.15) is 49.7 Å². The highest BCUT2D eigenvalue weighted by atomic mass is 15.3. The molecule has 1 unspecified atom stereocenters. The second-order valence-electron chi connectivity index (χ2n) is 9.39. The van der Waals surface area contributed by atoms with E-state index in [1.54, 1.807) is 0 Å². The number of aliphatic imine (C=N–C) groups is 1. The summed E-state index contributed by atoms with van der Waals surface area (Å²) in [6.07, 6.45) is 9.84. The van der Waals surface area contributed by atoms with Gasteiger partial charge in [0.05, 0.1) is 0 Å². The molecule has 2 fully saturated rings. The highest BCUT2D eigenvalue weighted by Gasteiger charge is 2.19. The third-order valence-electron chi connectivity index (χ3n) is 6.71. The Hall–Kier alpha value is -2.13. The minimum Gasteiger partial charge on any atom is -0.385 e. The molecule has 0 radical (unpaired) electrons. The fraction of sp³-hybridized carbons (Fsp3) is 0.640. The summed E-state index contributed by atoms with van der Waals surface area (Å²) in [5.41, 5.74) is 8.66. The molecular formula is C25H42N8. The molecule has 0 aromatic heterocycles. The average molecular weight is 455 g/mol. The van der Waals surface area contributed by atoms with Gasteiger partial charge in [-0.3, -0.25) is 5.32 Å². The SMILES string of the molecule is NC1=CC(N2CCNCC2)=NC(NCc2ccc(CNCCCNC3CCCCC3)cc2)N1. The van der Waals surface area contributed by atoms with Gasteiger partial charge in [0.2, 0.25) is 0 Å². The van der Waals surface area contributed by atoms with Crippen LogP contribution in [-0.4, -0.2) is 62.3 Å². The van der Waals surface area contributed by atoms with E-state index in [0.717, 1.165) is 64.2 Å². The Labute approximate surface area is 198 Å². The Morgan fingerprint density at radius 1 is 0.939 bits per heavy atom. The van der Waals surface area contributed by atoms with Crippen LogP contribution >= 0.6 is 0 Å². The van der Waals surface area contributed by atoms with Crippen LogP contribution in [0, 0.1) is 0 Å². The summed E-state index contributed by atoms with van der Waals surface area (Å²) in [5.74, 6) is 1.62. The lowest BCUT2D eigenvalue weighted by Crippen LogP contribution is -2.51. The molecular weight excluding hydrogens is 412 g/mol. The third-order valence-corrected chi connectivity index (χ3v) is 6.71. The summed E-state index contributed by atoms with van der Waals surface area (Å²) in [4.78, 5) is 7.09. The van der Waals surface area contributed by atoms with E-state index >= 15 is 0 Å². The van der Waals surface area contributed by atoms with Crippen LogP contribution in [0.4, 0.5) is 0 Å². The maximum absolute atomic E-state index is 6.10. The number of hydrogen-bond acceptors (Lipinski definition) is 8. The van der Waals surface area contributed by atoms with Gasteiger partial charge in [-0.15, -0.1) is 0 Å². The number of nitrogens with zero attached hydrogens (tertiary/aromatic N) is 2. The van der Waals surface area contributed by atoms with Crippen molar-refractivity contribution in [3.8, 4) is 0 Å². The van der Waals surface area contributed by atoms with Gasteiger partial charge in [0, 0.05) is 51.4 Å². The maximum Gasteiger partial charge on any atom is 0.177 e. The Kier molecular flexibility index (Phi) is 9.41. The van der Waals surface area contributed by atoms with Gasteiger partial charge in [-0.25, -0.2) is 4.99 Å². The van der Waals surface area contributed by atoms with Gasteiger partial charge in [-0.05, 0) is 43.5 Å². The molecule has 4 rings (SSSR count). The van der Waals surface area contributed by atoms with Crippen LogP contribution in [0.25, 0.3) is 0 Å². The second-order valence-corrected chi connectivity index (χ2v) is 9.39. The molecule has 2 aliphatic heterocycles. The van der Waals surface area contributed by atoms with E-state index in [-0.39, 0.29) is 6.29 Å². The summed E-state index contributed by atoms with van der Waals surface area (Å²) in [6.45, 7) is 7.72. The van der Waals surface area contributed by atoms with E-state index < -0.39 is 0 Å². The Bertz CT molecular complexity index is 763. The lowest BCUT2D eigenvalue weighted by atomic mass is 9.95. The molecule has 1 aliphatic carbocycles. The summed E-state index contributed by atoms with van der Waals surface area (Å²) in [5, 5.41) is 17.3. The predicted molar refractivity (Wildman–Crippen MR) is 136 cm³/mol. The summed E-state index contributed by atoms with van der Waals surface area (Å²) < 4.78 is 0. The standard InChI is InChI=1S/C25H42N8/c26-23-17-24(33-15-13-27-14-16-33)32-25(31-23)30-19-21-9-7-20(8-10-21)18-28-11-4-12-29-22-5-2-1-3-6-22/h7-10,17,22,25,27-31H,1-6,11-16,18-19,26H2. The number of piperazine rings is 1. The summed E-state index contributed by atoms with van der Waals surface area (Å²) in [7, 11) is 0. The number of benzene rings is 1. The lowest BCUT2D eigenvalue weighted by molar-refractivity contribution is 0.349. The summed E-state index contributed by atoms with van der Waals surface area (Å²) in [6, 6.07) is 9.57. The zero-order valence-electron chi connectivity index (χ0n) is 19.9. The number of nitrogens with one attached hydrogen (secondary N) is 5. The van der Waals surface area contributed by atoms with Crippen LogP contribution in [0.3, 0.4) is 0 Å². The van der Waals surface area contributed by atoms with Crippen LogP contribution in [0.15, 0.2) is 41.2 Å². The molecule has 7 N–H and O–H groups in total. The first-order valence-corrected chi connectivity index (χ1v) is 12.8. The second kappa shape index (κ2) is 12.9. The minimum absolute atomic E-state index is 0.205. The van der Waals surface area contributed by atoms with Gasteiger partial charge in [0.25, 0.3) is 0 Å². The average Bonchev–Trinajstić information content (AvgIpc) is 2.86. The van der Waals surface area contributed by atoms with Crippen LogP contribution in [0.2, 0.25) is 0 Å². The number of amidine groups is 1. The maximum atomic E-state index is 6.10. The molecule has 0 amide bonds. The monoisotopic (exact) mass is 454 g/mol. The van der Waals surface area contributed by atoms with Gasteiger partial charge in [0.1, 0.15) is 11.7 Å². The molecule has 182 valence electrons. The van der Waals surface area contributed by atoms with E-state index in [9.17, 15) is 0 Å². The zero-order valence-corrected chi connectivity index (χ0v) is 19.9. The molecule has 1 aromatic rings. The van der Waals surface area contributed by atoms with E-state index in [1.807, 2.05) is 6.08 Å². The summed E-state index contributed by atoms with van der Waals surface area (Å²) >= 11 is 0. The van der Waals surface area contributed by atoms with Crippen molar-refractivity contribution >= 4 is 5.84 Å². The van der Waals surface area contributed by atoms with Crippen molar-refractivity contribution in [2.24, 2.45) is 10.7 Å². The first-order chi connectivity index (χ1) is 16.3. The van der Waals surface area contributed by atoms with Gasteiger partial charge in [0.15, 0.2) is 6.29 Å². The first-order valence-electron chi connectivity index (χ1n) is 12.8. The van der Waals surface area contributed by atoms with Crippen molar-refractivity contribution in [2.75, 3.05) is 39.3 Å². The Balaban J connectivity index is 1.13.